The van der Waals surface area contributed by atoms with Crippen molar-refractivity contribution in [1.29, 1.82) is 0 Å². The first-order valence-electron chi connectivity index (χ1n) is 8.46. The van der Waals surface area contributed by atoms with Crippen LogP contribution in [0.1, 0.15) is 10.5 Å². The van der Waals surface area contributed by atoms with Gasteiger partial charge >= 0.3 is 5.97 Å². The topological polar surface area (TPSA) is 91.9 Å². The lowest BCUT2D eigenvalue weighted by Crippen LogP contribution is -2.27. The lowest BCUT2D eigenvalue weighted by Gasteiger charge is -2.11. The molecule has 0 radical (unpaired) electrons. The number of rotatable bonds is 5. The summed E-state index contributed by atoms with van der Waals surface area (Å²) < 4.78 is 21.0. The smallest absolute Gasteiger partial charge is 0.358 e. The number of carbonyl (C=O) groups is 1. The van der Waals surface area contributed by atoms with Gasteiger partial charge in [0.15, 0.2) is 17.6 Å². The predicted molar refractivity (Wildman–Crippen MR) is 105 cm³/mol. The zero-order valence-electron chi connectivity index (χ0n) is 15.2. The minimum Gasteiger partial charge on any atom is -0.437 e. The second-order valence-corrected chi connectivity index (χ2v) is 6.69. The SMILES string of the molecule is CSc1ncc(C(=O)OCn2nnc3ccccc3c2=O)n1-c1ccc(F)cc1. The zero-order valence-corrected chi connectivity index (χ0v) is 16.0. The third-order valence-electron chi connectivity index (χ3n) is 4.15. The maximum absolute atomic E-state index is 13.3. The minimum absolute atomic E-state index is 0.141. The Balaban J connectivity index is 1.61. The molecule has 146 valence electrons. The van der Waals surface area contributed by atoms with Gasteiger partial charge in [-0.1, -0.05) is 29.1 Å². The molecule has 0 atom stereocenters. The van der Waals surface area contributed by atoms with Crippen molar-refractivity contribution in [2.75, 3.05) is 6.26 Å². The summed E-state index contributed by atoms with van der Waals surface area (Å²) in [6.07, 6.45) is 3.17. The van der Waals surface area contributed by atoms with E-state index < -0.39 is 24.1 Å². The normalized spacial score (nSPS) is 11.0. The van der Waals surface area contributed by atoms with Gasteiger partial charge in [0.2, 0.25) is 0 Å². The van der Waals surface area contributed by atoms with Crippen LogP contribution in [-0.4, -0.2) is 36.8 Å². The highest BCUT2D eigenvalue weighted by atomic mass is 32.2. The van der Waals surface area contributed by atoms with Crippen LogP contribution in [0.25, 0.3) is 16.6 Å². The Morgan fingerprint density at radius 3 is 2.69 bits per heavy atom. The number of ether oxygens (including phenoxy) is 1. The quantitative estimate of drug-likeness (QED) is 0.368. The molecule has 0 spiro atoms. The molecule has 2 aromatic carbocycles. The Hall–Kier alpha value is -3.53. The van der Waals surface area contributed by atoms with Crippen LogP contribution in [0.5, 0.6) is 0 Å². The van der Waals surface area contributed by atoms with Gasteiger partial charge in [-0.3, -0.25) is 9.36 Å². The summed E-state index contributed by atoms with van der Waals surface area (Å²) >= 11 is 1.32. The molecule has 10 heteroatoms. The summed E-state index contributed by atoms with van der Waals surface area (Å²) in [7, 11) is 0. The van der Waals surface area contributed by atoms with E-state index >= 15 is 0 Å². The van der Waals surface area contributed by atoms with Crippen molar-refractivity contribution < 1.29 is 13.9 Å². The number of fused-ring (bicyclic) bond motifs is 1. The van der Waals surface area contributed by atoms with Crippen molar-refractivity contribution >= 4 is 28.6 Å². The van der Waals surface area contributed by atoms with E-state index in [9.17, 15) is 14.0 Å². The van der Waals surface area contributed by atoms with Crippen molar-refractivity contribution in [3.8, 4) is 5.69 Å². The summed E-state index contributed by atoms with van der Waals surface area (Å²) in [4.78, 5) is 29.3. The lowest BCUT2D eigenvalue weighted by molar-refractivity contribution is 0.0326. The number of thioether (sulfide) groups is 1. The van der Waals surface area contributed by atoms with Crippen LogP contribution in [0.2, 0.25) is 0 Å². The third-order valence-corrected chi connectivity index (χ3v) is 4.81. The fraction of sp³-hybridized carbons (Fsp3) is 0.105. The number of benzene rings is 2. The number of hydrogen-bond acceptors (Lipinski definition) is 7. The lowest BCUT2D eigenvalue weighted by atomic mass is 10.2. The molecule has 0 aliphatic heterocycles. The monoisotopic (exact) mass is 411 g/mol. The molecule has 0 aliphatic carbocycles. The second kappa shape index (κ2) is 7.84. The zero-order chi connectivity index (χ0) is 20.4. The van der Waals surface area contributed by atoms with Crippen LogP contribution in [0.4, 0.5) is 4.39 Å². The molecule has 0 amide bonds. The number of hydrogen-bond donors (Lipinski definition) is 0. The van der Waals surface area contributed by atoms with Crippen molar-refractivity contribution in [3.05, 3.63) is 76.6 Å². The summed E-state index contributed by atoms with van der Waals surface area (Å²) in [5.74, 6) is -1.10. The molecule has 0 fully saturated rings. The van der Waals surface area contributed by atoms with Gasteiger partial charge in [-0.2, -0.15) is 4.68 Å². The molecule has 2 aromatic heterocycles. The first-order valence-corrected chi connectivity index (χ1v) is 9.68. The second-order valence-electron chi connectivity index (χ2n) is 5.91. The Kier molecular flexibility index (Phi) is 5.09. The van der Waals surface area contributed by atoms with Crippen LogP contribution in [0.15, 0.2) is 64.7 Å². The molecule has 0 N–H and O–H groups in total. The van der Waals surface area contributed by atoms with E-state index in [1.165, 1.54) is 42.2 Å². The molecule has 0 aliphatic rings. The van der Waals surface area contributed by atoms with E-state index in [-0.39, 0.29) is 5.69 Å². The molecule has 29 heavy (non-hydrogen) atoms. The van der Waals surface area contributed by atoms with Crippen molar-refractivity contribution in [2.45, 2.75) is 11.9 Å². The third kappa shape index (κ3) is 3.61. The van der Waals surface area contributed by atoms with E-state index in [2.05, 4.69) is 15.3 Å². The van der Waals surface area contributed by atoms with Gasteiger partial charge in [-0.05, 0) is 42.7 Å². The van der Waals surface area contributed by atoms with Crippen LogP contribution >= 0.6 is 11.8 Å². The maximum Gasteiger partial charge on any atom is 0.358 e. The Morgan fingerprint density at radius 1 is 1.17 bits per heavy atom. The van der Waals surface area contributed by atoms with E-state index in [1.807, 2.05) is 6.26 Å². The summed E-state index contributed by atoms with van der Waals surface area (Å²) in [5, 5.41) is 8.65. The minimum atomic E-state index is -0.705. The van der Waals surface area contributed by atoms with E-state index in [4.69, 9.17) is 4.74 Å². The molecule has 8 nitrogen and oxygen atoms in total. The maximum atomic E-state index is 13.3. The van der Waals surface area contributed by atoms with Crippen molar-refractivity contribution in [3.63, 3.8) is 0 Å². The van der Waals surface area contributed by atoms with E-state index in [1.54, 1.807) is 28.8 Å². The van der Waals surface area contributed by atoms with Gasteiger partial charge in [0.05, 0.1) is 11.6 Å². The molecule has 4 rings (SSSR count). The highest BCUT2D eigenvalue weighted by molar-refractivity contribution is 7.98. The molecular weight excluding hydrogens is 397 g/mol. The van der Waals surface area contributed by atoms with Gasteiger partial charge < -0.3 is 4.74 Å². The molecule has 2 heterocycles. The fourth-order valence-corrected chi connectivity index (χ4v) is 3.31. The highest BCUT2D eigenvalue weighted by Gasteiger charge is 2.19. The number of esters is 1. The molecule has 0 saturated carbocycles. The molecule has 0 saturated heterocycles. The molecule has 0 unspecified atom stereocenters. The standard InChI is InChI=1S/C19H14FN5O3S/c1-29-19-21-10-16(25(19)13-8-6-12(20)7-9-13)18(27)28-11-24-17(26)14-4-2-3-5-15(14)22-23-24/h2-10H,11H2,1H3. The molecule has 4 aromatic rings. The predicted octanol–water partition coefficient (Wildman–Crippen LogP) is 2.65. The largest absolute Gasteiger partial charge is 0.437 e. The van der Waals surface area contributed by atoms with Gasteiger partial charge in [-0.15, -0.1) is 5.10 Å². The van der Waals surface area contributed by atoms with Crippen LogP contribution in [-0.2, 0) is 11.5 Å². The first kappa shape index (κ1) is 18.8. The number of aromatic nitrogens is 5. The van der Waals surface area contributed by atoms with Crippen LogP contribution in [0, 0.1) is 5.82 Å². The number of halogens is 1. The number of carbonyl (C=O) groups excluding carboxylic acids is 1. The molecule has 0 bridgehead atoms. The van der Waals surface area contributed by atoms with Crippen molar-refractivity contribution in [2.24, 2.45) is 0 Å². The Labute approximate surface area is 167 Å². The van der Waals surface area contributed by atoms with Crippen LogP contribution < -0.4 is 5.56 Å². The first-order chi connectivity index (χ1) is 14.1. The highest BCUT2D eigenvalue weighted by Crippen LogP contribution is 2.22. The Bertz CT molecular complexity index is 1250. The summed E-state index contributed by atoms with van der Waals surface area (Å²) in [6, 6.07) is 12.4. The van der Waals surface area contributed by atoms with Crippen molar-refractivity contribution in [1.82, 2.24) is 24.5 Å². The average molecular weight is 411 g/mol. The number of nitrogens with zero attached hydrogens (tertiary/aromatic N) is 5. The fourth-order valence-electron chi connectivity index (χ4n) is 2.76. The van der Waals surface area contributed by atoms with E-state index in [0.717, 1.165) is 4.68 Å². The summed E-state index contributed by atoms with van der Waals surface area (Å²) in [6.45, 7) is -0.404. The number of imidazole rings is 1. The van der Waals surface area contributed by atoms with Crippen LogP contribution in [0.3, 0.4) is 0 Å². The average Bonchev–Trinajstić information content (AvgIpc) is 3.18. The van der Waals surface area contributed by atoms with Gasteiger partial charge in [0.25, 0.3) is 5.56 Å². The van der Waals surface area contributed by atoms with Gasteiger partial charge in [0, 0.05) is 5.69 Å². The Morgan fingerprint density at radius 2 is 1.93 bits per heavy atom. The van der Waals surface area contributed by atoms with Gasteiger partial charge in [0.1, 0.15) is 11.3 Å². The van der Waals surface area contributed by atoms with E-state index in [0.29, 0.717) is 21.7 Å². The molecular formula is C19H14FN5O3S. The van der Waals surface area contributed by atoms with Gasteiger partial charge in [-0.25, -0.2) is 14.2 Å². The summed E-state index contributed by atoms with van der Waals surface area (Å²) in [5.41, 5.74) is 0.741.